The average Bonchev–Trinajstić information content (AvgIpc) is 2.76. The Labute approximate surface area is 171 Å². The smallest absolute Gasteiger partial charge is 0.262 e. The summed E-state index contributed by atoms with van der Waals surface area (Å²) < 4.78 is 5.44. The lowest BCUT2D eigenvalue weighted by Crippen LogP contribution is -2.21. The number of nitrogens with one attached hydrogen (secondary N) is 2. The minimum Gasteiger partial charge on any atom is -0.484 e. The number of hydrogen-bond donors (Lipinski definition) is 2. The number of anilines is 4. The molecule has 1 heterocycles. The standard InChI is InChI=1S/C23H26N4O2/c1-3-27(4-2)20-13-10-18(11-14-20)25-22-15-12-19(16-24-22)26-23(28)17-29-21-8-6-5-7-9-21/h5-16H,3-4,17H2,1-2H3,(H,24,25)(H,26,28). The van der Waals surface area contributed by atoms with E-state index in [-0.39, 0.29) is 12.5 Å². The first kappa shape index (κ1) is 20.2. The number of carbonyl (C=O) groups excluding carboxylic acids is 1. The van der Waals surface area contributed by atoms with Gasteiger partial charge in [-0.15, -0.1) is 0 Å². The first-order valence-electron chi connectivity index (χ1n) is 9.73. The van der Waals surface area contributed by atoms with Gasteiger partial charge in [0.25, 0.3) is 5.91 Å². The van der Waals surface area contributed by atoms with Gasteiger partial charge in [-0.1, -0.05) is 18.2 Å². The van der Waals surface area contributed by atoms with Gasteiger partial charge in [-0.3, -0.25) is 4.79 Å². The number of amides is 1. The van der Waals surface area contributed by atoms with Crippen LogP contribution in [0, 0.1) is 0 Å². The van der Waals surface area contributed by atoms with Crippen LogP contribution in [0.1, 0.15) is 13.8 Å². The Hall–Kier alpha value is -3.54. The molecule has 29 heavy (non-hydrogen) atoms. The van der Waals surface area contributed by atoms with Gasteiger partial charge in [0.05, 0.1) is 11.9 Å². The molecule has 0 radical (unpaired) electrons. The van der Waals surface area contributed by atoms with Crippen LogP contribution in [0.5, 0.6) is 5.75 Å². The van der Waals surface area contributed by atoms with Crippen LogP contribution in [-0.4, -0.2) is 30.6 Å². The van der Waals surface area contributed by atoms with Crippen molar-refractivity contribution >= 4 is 28.8 Å². The first-order valence-corrected chi connectivity index (χ1v) is 9.73. The molecule has 6 nitrogen and oxygen atoms in total. The summed E-state index contributed by atoms with van der Waals surface area (Å²) in [5.41, 5.74) is 2.78. The second-order valence-corrected chi connectivity index (χ2v) is 6.43. The number of hydrogen-bond acceptors (Lipinski definition) is 5. The Kier molecular flexibility index (Phi) is 7.05. The molecule has 3 rings (SSSR count). The number of carbonyl (C=O) groups is 1. The predicted octanol–water partition coefficient (Wildman–Crippen LogP) is 4.69. The lowest BCUT2D eigenvalue weighted by molar-refractivity contribution is -0.118. The summed E-state index contributed by atoms with van der Waals surface area (Å²) in [6, 6.07) is 21.1. The maximum Gasteiger partial charge on any atom is 0.262 e. The molecule has 150 valence electrons. The molecular weight excluding hydrogens is 364 g/mol. The van der Waals surface area contributed by atoms with Crippen molar-refractivity contribution in [1.29, 1.82) is 0 Å². The Morgan fingerprint density at radius 3 is 2.24 bits per heavy atom. The quantitative estimate of drug-likeness (QED) is 0.555. The maximum atomic E-state index is 12.0. The van der Waals surface area contributed by atoms with Crippen LogP contribution < -0.4 is 20.3 Å². The van der Waals surface area contributed by atoms with Crippen LogP contribution >= 0.6 is 0 Å². The minimum absolute atomic E-state index is 0.0527. The third-order valence-electron chi connectivity index (χ3n) is 4.43. The Balaban J connectivity index is 1.51. The number of benzene rings is 2. The number of ether oxygens (including phenoxy) is 1. The van der Waals surface area contributed by atoms with E-state index < -0.39 is 0 Å². The van der Waals surface area contributed by atoms with Gasteiger partial charge >= 0.3 is 0 Å². The SMILES string of the molecule is CCN(CC)c1ccc(Nc2ccc(NC(=O)COc3ccccc3)cn2)cc1. The van der Waals surface area contributed by atoms with Crippen LogP contribution in [-0.2, 0) is 4.79 Å². The van der Waals surface area contributed by atoms with Crippen LogP contribution in [0.2, 0.25) is 0 Å². The minimum atomic E-state index is -0.233. The molecule has 0 unspecified atom stereocenters. The van der Waals surface area contributed by atoms with E-state index in [0.29, 0.717) is 17.3 Å². The van der Waals surface area contributed by atoms with E-state index in [4.69, 9.17) is 4.74 Å². The highest BCUT2D eigenvalue weighted by molar-refractivity contribution is 5.91. The zero-order chi connectivity index (χ0) is 20.5. The van der Waals surface area contributed by atoms with E-state index >= 15 is 0 Å². The van der Waals surface area contributed by atoms with E-state index in [0.717, 1.165) is 18.8 Å². The molecule has 0 atom stereocenters. The van der Waals surface area contributed by atoms with Crippen molar-refractivity contribution in [3.8, 4) is 5.75 Å². The van der Waals surface area contributed by atoms with E-state index in [1.807, 2.05) is 48.5 Å². The molecule has 1 amide bonds. The molecule has 6 heteroatoms. The van der Waals surface area contributed by atoms with Crippen LogP contribution in [0.3, 0.4) is 0 Å². The molecule has 0 saturated heterocycles. The van der Waals surface area contributed by atoms with Crippen molar-refractivity contribution < 1.29 is 9.53 Å². The van der Waals surface area contributed by atoms with Crippen molar-refractivity contribution in [2.24, 2.45) is 0 Å². The summed E-state index contributed by atoms with van der Waals surface area (Å²) in [5, 5.41) is 6.04. The number of nitrogens with zero attached hydrogens (tertiary/aromatic N) is 2. The Morgan fingerprint density at radius 1 is 0.931 bits per heavy atom. The van der Waals surface area contributed by atoms with Crippen LogP contribution in [0.15, 0.2) is 72.9 Å². The van der Waals surface area contributed by atoms with E-state index in [1.165, 1.54) is 5.69 Å². The van der Waals surface area contributed by atoms with Gasteiger partial charge in [0.15, 0.2) is 6.61 Å². The normalized spacial score (nSPS) is 10.3. The molecule has 2 aromatic carbocycles. The number of para-hydroxylation sites is 1. The molecule has 0 aliphatic carbocycles. The largest absolute Gasteiger partial charge is 0.484 e. The third-order valence-corrected chi connectivity index (χ3v) is 4.43. The predicted molar refractivity (Wildman–Crippen MR) is 118 cm³/mol. The summed E-state index contributed by atoms with van der Waals surface area (Å²) in [4.78, 5) is 18.7. The fraction of sp³-hybridized carbons (Fsp3) is 0.217. The zero-order valence-corrected chi connectivity index (χ0v) is 16.8. The van der Waals surface area contributed by atoms with Gasteiger partial charge in [-0.25, -0.2) is 4.98 Å². The summed E-state index contributed by atoms with van der Waals surface area (Å²) in [5.74, 6) is 1.13. The number of rotatable bonds is 9. The number of pyridine rings is 1. The molecule has 1 aromatic heterocycles. The fourth-order valence-corrected chi connectivity index (χ4v) is 2.90. The molecule has 0 aliphatic rings. The van der Waals surface area contributed by atoms with Gasteiger partial charge in [-0.2, -0.15) is 0 Å². The van der Waals surface area contributed by atoms with Gasteiger partial charge in [0.1, 0.15) is 11.6 Å². The zero-order valence-electron chi connectivity index (χ0n) is 16.8. The van der Waals surface area contributed by atoms with Crippen molar-refractivity contribution in [3.63, 3.8) is 0 Å². The maximum absolute atomic E-state index is 12.0. The van der Waals surface area contributed by atoms with E-state index in [1.54, 1.807) is 12.3 Å². The van der Waals surface area contributed by atoms with Gasteiger partial charge in [0, 0.05) is 24.5 Å². The average molecular weight is 390 g/mol. The van der Waals surface area contributed by atoms with Crippen molar-refractivity contribution in [2.45, 2.75) is 13.8 Å². The van der Waals surface area contributed by atoms with Gasteiger partial charge < -0.3 is 20.3 Å². The van der Waals surface area contributed by atoms with Crippen molar-refractivity contribution in [3.05, 3.63) is 72.9 Å². The summed E-state index contributed by atoms with van der Waals surface area (Å²) >= 11 is 0. The second-order valence-electron chi connectivity index (χ2n) is 6.43. The Morgan fingerprint density at radius 2 is 1.62 bits per heavy atom. The first-order chi connectivity index (χ1) is 14.2. The molecule has 0 aliphatic heterocycles. The van der Waals surface area contributed by atoms with E-state index in [2.05, 4.69) is 46.5 Å². The van der Waals surface area contributed by atoms with Crippen LogP contribution in [0.25, 0.3) is 0 Å². The lowest BCUT2D eigenvalue weighted by Gasteiger charge is -2.21. The highest BCUT2D eigenvalue weighted by atomic mass is 16.5. The molecule has 0 bridgehead atoms. The Bertz CT molecular complexity index is 892. The monoisotopic (exact) mass is 390 g/mol. The third kappa shape index (κ3) is 5.97. The van der Waals surface area contributed by atoms with Gasteiger partial charge in [0.2, 0.25) is 0 Å². The lowest BCUT2D eigenvalue weighted by atomic mass is 10.2. The van der Waals surface area contributed by atoms with Crippen LogP contribution in [0.4, 0.5) is 22.9 Å². The summed E-state index contributed by atoms with van der Waals surface area (Å²) in [6.45, 7) is 6.20. The number of aromatic nitrogens is 1. The van der Waals surface area contributed by atoms with Crippen molar-refractivity contribution in [1.82, 2.24) is 4.98 Å². The second kappa shape index (κ2) is 10.1. The highest BCUT2D eigenvalue weighted by Crippen LogP contribution is 2.21. The van der Waals surface area contributed by atoms with E-state index in [9.17, 15) is 4.79 Å². The molecular formula is C23H26N4O2. The molecule has 3 aromatic rings. The molecule has 2 N–H and O–H groups in total. The molecule has 0 saturated carbocycles. The summed E-state index contributed by atoms with van der Waals surface area (Å²) in [6.07, 6.45) is 1.62. The van der Waals surface area contributed by atoms with Crippen molar-refractivity contribution in [2.75, 3.05) is 35.2 Å². The summed E-state index contributed by atoms with van der Waals surface area (Å²) in [7, 11) is 0. The molecule has 0 spiro atoms. The molecule has 0 fully saturated rings. The van der Waals surface area contributed by atoms with Gasteiger partial charge in [-0.05, 0) is 62.4 Å². The highest BCUT2D eigenvalue weighted by Gasteiger charge is 2.05. The fourth-order valence-electron chi connectivity index (χ4n) is 2.90. The topological polar surface area (TPSA) is 66.5 Å².